The van der Waals surface area contributed by atoms with Crippen molar-refractivity contribution in [3.8, 4) is 23.0 Å². The summed E-state index contributed by atoms with van der Waals surface area (Å²) >= 11 is 0. The van der Waals surface area contributed by atoms with E-state index in [9.17, 15) is 9.50 Å². The Morgan fingerprint density at radius 2 is 1.81 bits per heavy atom. The van der Waals surface area contributed by atoms with Crippen molar-refractivity contribution in [2.24, 2.45) is 5.92 Å². The highest BCUT2D eigenvalue weighted by atomic mass is 19.1. The van der Waals surface area contributed by atoms with Crippen molar-refractivity contribution in [2.75, 3.05) is 40.0 Å². The predicted octanol–water partition coefficient (Wildman–Crippen LogP) is 6.05. The molecule has 5 rings (SSSR count). The first kappa shape index (κ1) is 24.2. The summed E-state index contributed by atoms with van der Waals surface area (Å²) in [5.41, 5.74) is 6.02. The van der Waals surface area contributed by atoms with Crippen LogP contribution >= 0.6 is 0 Å². The van der Waals surface area contributed by atoms with Gasteiger partial charge in [0.2, 0.25) is 0 Å². The summed E-state index contributed by atoms with van der Waals surface area (Å²) in [4.78, 5) is 2.21. The lowest BCUT2D eigenvalue weighted by Crippen LogP contribution is -2.49. The van der Waals surface area contributed by atoms with E-state index in [1.54, 1.807) is 19.2 Å². The van der Waals surface area contributed by atoms with Gasteiger partial charge in [-0.1, -0.05) is 24.3 Å². The number of methoxy groups -OCH3 is 1. The predicted molar refractivity (Wildman–Crippen MR) is 140 cm³/mol. The first-order chi connectivity index (χ1) is 17.5. The standard InChI is InChI=1S/C30H32FNO4/c1-19-4-5-23(14-28(19)34-3)29-20(2)26-15-24(33)8-11-27(26)36-30(29)22-6-9-25(10-7-22)35-13-12-32-17-21(16-31)18-32/h4-11,14-15,21,30,33H,12-13,16-18H2,1-3H3/t30-/m1/s1. The third-order valence-corrected chi connectivity index (χ3v) is 7.11. The number of aryl methyl sites for hydroxylation is 1. The molecule has 0 bridgehead atoms. The van der Waals surface area contributed by atoms with Crippen LogP contribution in [0, 0.1) is 12.8 Å². The highest BCUT2D eigenvalue weighted by Gasteiger charge is 2.30. The summed E-state index contributed by atoms with van der Waals surface area (Å²) in [5, 5.41) is 10.1. The highest BCUT2D eigenvalue weighted by molar-refractivity contribution is 5.96. The Hall–Kier alpha value is -3.51. The molecule has 2 aliphatic heterocycles. The molecule has 0 aliphatic carbocycles. The van der Waals surface area contributed by atoms with Gasteiger partial charge in [-0.05, 0) is 72.5 Å². The molecule has 188 valence electrons. The Labute approximate surface area is 211 Å². The average molecular weight is 490 g/mol. The lowest BCUT2D eigenvalue weighted by Gasteiger charge is -2.37. The minimum absolute atomic E-state index is 0.188. The Morgan fingerprint density at radius 1 is 1.03 bits per heavy atom. The van der Waals surface area contributed by atoms with Crippen molar-refractivity contribution in [1.29, 1.82) is 0 Å². The first-order valence-corrected chi connectivity index (χ1v) is 12.3. The summed E-state index contributed by atoms with van der Waals surface area (Å²) < 4.78 is 30.7. The van der Waals surface area contributed by atoms with Gasteiger partial charge < -0.3 is 19.3 Å². The van der Waals surface area contributed by atoms with Gasteiger partial charge >= 0.3 is 0 Å². The van der Waals surface area contributed by atoms with E-state index in [-0.39, 0.29) is 24.4 Å². The van der Waals surface area contributed by atoms with Crippen LogP contribution in [0.2, 0.25) is 0 Å². The quantitative estimate of drug-likeness (QED) is 0.417. The molecular weight excluding hydrogens is 457 g/mol. The summed E-state index contributed by atoms with van der Waals surface area (Å²) in [6.07, 6.45) is -0.331. The number of phenols is 1. The maximum Gasteiger partial charge on any atom is 0.150 e. The number of rotatable bonds is 8. The SMILES string of the molecule is COc1cc(C2=C(C)c3cc(O)ccc3O[C@@H]2c2ccc(OCCN3CC(CF)C3)cc2)ccc1C. The lowest BCUT2D eigenvalue weighted by atomic mass is 9.85. The van der Waals surface area contributed by atoms with Gasteiger partial charge in [0.1, 0.15) is 35.7 Å². The zero-order chi connectivity index (χ0) is 25.2. The second kappa shape index (κ2) is 10.2. The van der Waals surface area contributed by atoms with Gasteiger partial charge in [0, 0.05) is 36.7 Å². The molecule has 3 aromatic carbocycles. The van der Waals surface area contributed by atoms with Crippen LogP contribution in [0.4, 0.5) is 4.39 Å². The number of fused-ring (bicyclic) bond motifs is 1. The summed E-state index contributed by atoms with van der Waals surface area (Å²) in [5.74, 6) is 2.74. The molecule has 5 nitrogen and oxygen atoms in total. The number of halogens is 1. The fourth-order valence-corrected chi connectivity index (χ4v) is 5.02. The number of allylic oxidation sites excluding steroid dienone is 1. The molecule has 1 atom stereocenters. The molecule has 1 saturated heterocycles. The molecule has 0 spiro atoms. The van der Waals surface area contributed by atoms with Gasteiger partial charge in [-0.25, -0.2) is 0 Å². The number of nitrogens with zero attached hydrogens (tertiary/aromatic N) is 1. The molecule has 0 aromatic heterocycles. The molecule has 2 aliphatic rings. The molecule has 2 heterocycles. The van der Waals surface area contributed by atoms with E-state index in [0.717, 1.165) is 70.3 Å². The molecule has 6 heteroatoms. The van der Waals surface area contributed by atoms with Gasteiger partial charge in [-0.2, -0.15) is 0 Å². The smallest absolute Gasteiger partial charge is 0.150 e. The van der Waals surface area contributed by atoms with Crippen molar-refractivity contribution in [3.05, 3.63) is 82.9 Å². The van der Waals surface area contributed by atoms with Crippen LogP contribution in [0.15, 0.2) is 60.7 Å². The molecule has 1 fully saturated rings. The minimum atomic E-state index is -0.331. The van der Waals surface area contributed by atoms with E-state index in [4.69, 9.17) is 14.2 Å². The topological polar surface area (TPSA) is 51.2 Å². The average Bonchev–Trinajstić information content (AvgIpc) is 2.86. The normalized spacial score (nSPS) is 17.8. The number of phenolic OH excluding ortho intramolecular Hbond substituents is 1. The third kappa shape index (κ3) is 4.78. The van der Waals surface area contributed by atoms with E-state index >= 15 is 0 Å². The number of ether oxygens (including phenoxy) is 3. The molecule has 36 heavy (non-hydrogen) atoms. The first-order valence-electron chi connectivity index (χ1n) is 12.3. The van der Waals surface area contributed by atoms with Gasteiger partial charge in [-0.3, -0.25) is 9.29 Å². The van der Waals surface area contributed by atoms with E-state index in [1.807, 2.05) is 49.4 Å². The van der Waals surface area contributed by atoms with E-state index < -0.39 is 0 Å². The van der Waals surface area contributed by atoms with E-state index in [0.29, 0.717) is 6.61 Å². The Balaban J connectivity index is 1.41. The van der Waals surface area contributed by atoms with Crippen LogP contribution in [0.5, 0.6) is 23.0 Å². The zero-order valence-corrected chi connectivity index (χ0v) is 21.0. The number of hydrogen-bond acceptors (Lipinski definition) is 5. The summed E-state index contributed by atoms with van der Waals surface area (Å²) in [6, 6.07) is 19.4. The zero-order valence-electron chi connectivity index (χ0n) is 21.0. The van der Waals surface area contributed by atoms with Gasteiger partial charge in [-0.15, -0.1) is 0 Å². The fourth-order valence-electron chi connectivity index (χ4n) is 5.02. The number of aromatic hydroxyl groups is 1. The fraction of sp³-hybridized carbons (Fsp3) is 0.333. The van der Waals surface area contributed by atoms with Crippen LogP contribution < -0.4 is 14.2 Å². The molecule has 0 saturated carbocycles. The van der Waals surface area contributed by atoms with Crippen LogP contribution in [0.25, 0.3) is 11.1 Å². The maximum absolute atomic E-state index is 12.6. The number of benzene rings is 3. The van der Waals surface area contributed by atoms with Crippen LogP contribution in [-0.4, -0.2) is 50.0 Å². The van der Waals surface area contributed by atoms with Crippen molar-refractivity contribution in [3.63, 3.8) is 0 Å². The minimum Gasteiger partial charge on any atom is -0.508 e. The number of hydrogen-bond donors (Lipinski definition) is 1. The second-order valence-corrected chi connectivity index (χ2v) is 9.60. The van der Waals surface area contributed by atoms with Crippen molar-refractivity contribution in [2.45, 2.75) is 20.0 Å². The Bertz CT molecular complexity index is 1260. The molecule has 1 N–H and O–H groups in total. The number of alkyl halides is 1. The van der Waals surface area contributed by atoms with Crippen molar-refractivity contribution in [1.82, 2.24) is 4.90 Å². The van der Waals surface area contributed by atoms with Crippen LogP contribution in [0.1, 0.15) is 35.3 Å². The molecule has 3 aromatic rings. The van der Waals surface area contributed by atoms with Gasteiger partial charge in [0.05, 0.1) is 13.8 Å². The summed E-state index contributed by atoms with van der Waals surface area (Å²) in [6.45, 7) is 6.85. The van der Waals surface area contributed by atoms with Crippen molar-refractivity contribution >= 4 is 11.1 Å². The third-order valence-electron chi connectivity index (χ3n) is 7.11. The molecular formula is C30H32FNO4. The largest absolute Gasteiger partial charge is 0.508 e. The van der Waals surface area contributed by atoms with Crippen LogP contribution in [0.3, 0.4) is 0 Å². The van der Waals surface area contributed by atoms with Crippen molar-refractivity contribution < 1.29 is 23.7 Å². The molecule has 0 radical (unpaired) electrons. The van der Waals surface area contributed by atoms with Crippen LogP contribution in [-0.2, 0) is 0 Å². The Morgan fingerprint density at radius 3 is 2.53 bits per heavy atom. The lowest BCUT2D eigenvalue weighted by molar-refractivity contribution is 0.0668. The molecule has 0 amide bonds. The van der Waals surface area contributed by atoms with Gasteiger partial charge in [0.25, 0.3) is 0 Å². The second-order valence-electron chi connectivity index (χ2n) is 9.60. The Kier molecular flexibility index (Phi) is 6.88. The van der Waals surface area contributed by atoms with E-state index in [1.165, 1.54) is 0 Å². The maximum atomic E-state index is 12.6. The molecule has 0 unspecified atom stereocenters. The number of likely N-dealkylation sites (tertiary alicyclic amines) is 1. The summed E-state index contributed by atoms with van der Waals surface area (Å²) in [7, 11) is 1.68. The van der Waals surface area contributed by atoms with Gasteiger partial charge in [0.15, 0.2) is 0 Å². The highest BCUT2D eigenvalue weighted by Crippen LogP contribution is 2.48. The van der Waals surface area contributed by atoms with E-state index in [2.05, 4.69) is 17.9 Å². The monoisotopic (exact) mass is 489 g/mol.